The molecule has 182 valence electrons. The van der Waals surface area contributed by atoms with Gasteiger partial charge in [-0.2, -0.15) is 13.2 Å². The van der Waals surface area contributed by atoms with E-state index in [1.54, 1.807) is 24.6 Å². The summed E-state index contributed by atoms with van der Waals surface area (Å²) in [5.41, 5.74) is -0.648. The van der Waals surface area contributed by atoms with Crippen molar-refractivity contribution < 1.29 is 21.6 Å². The van der Waals surface area contributed by atoms with Gasteiger partial charge in [0.05, 0.1) is 11.3 Å². The highest BCUT2D eigenvalue weighted by atomic mass is 32.2. The quantitative estimate of drug-likeness (QED) is 0.507. The van der Waals surface area contributed by atoms with Gasteiger partial charge in [-0.3, -0.25) is 0 Å². The van der Waals surface area contributed by atoms with Gasteiger partial charge in [-0.05, 0) is 62.8 Å². The maximum atomic E-state index is 13.6. The molecule has 2 aromatic rings. The molecule has 0 saturated heterocycles. The molecule has 0 spiro atoms. The maximum absolute atomic E-state index is 13.6. The molecular weight excluding hydrogens is 451 g/mol. The van der Waals surface area contributed by atoms with E-state index < -0.39 is 21.6 Å². The Morgan fingerprint density at radius 3 is 2.39 bits per heavy atom. The number of sulfone groups is 1. The number of fused-ring (bicyclic) bond motifs is 4. The average Bonchev–Trinajstić information content (AvgIpc) is 2.96. The fraction of sp³-hybridized carbons (Fsp3) is 0.667. The smallest absolute Gasteiger partial charge is 0.314 e. The van der Waals surface area contributed by atoms with Crippen molar-refractivity contribution in [1.82, 2.24) is 14.8 Å². The predicted octanol–water partition coefficient (Wildman–Crippen LogP) is 5.70. The molecule has 3 aliphatic carbocycles. The summed E-state index contributed by atoms with van der Waals surface area (Å²) < 4.78 is 66.3. The van der Waals surface area contributed by atoms with Crippen LogP contribution in [-0.4, -0.2) is 34.7 Å². The second-order valence-corrected chi connectivity index (χ2v) is 12.4. The highest BCUT2D eigenvalue weighted by Crippen LogP contribution is 2.56. The Labute approximate surface area is 193 Å². The molecule has 1 heterocycles. The Morgan fingerprint density at radius 2 is 1.73 bits per heavy atom. The van der Waals surface area contributed by atoms with E-state index in [2.05, 4.69) is 10.2 Å². The molecule has 2 bridgehead atoms. The van der Waals surface area contributed by atoms with Crippen molar-refractivity contribution in [1.29, 1.82) is 0 Å². The number of nitrogens with zero attached hydrogens (tertiary/aromatic N) is 3. The summed E-state index contributed by atoms with van der Waals surface area (Å²) in [6.07, 6.45) is 4.02. The molecule has 1 aromatic carbocycles. The predicted molar refractivity (Wildman–Crippen MR) is 121 cm³/mol. The second-order valence-electron chi connectivity index (χ2n) is 9.92. The van der Waals surface area contributed by atoms with Gasteiger partial charge < -0.3 is 4.57 Å². The molecule has 0 N–H and O–H groups in total. The molecule has 0 atom stereocenters. The van der Waals surface area contributed by atoms with Gasteiger partial charge in [-0.1, -0.05) is 31.5 Å². The van der Waals surface area contributed by atoms with Gasteiger partial charge >= 0.3 is 6.18 Å². The van der Waals surface area contributed by atoms with Crippen molar-refractivity contribution in [3.05, 3.63) is 35.7 Å². The topological polar surface area (TPSA) is 64.8 Å². The number of halogens is 3. The normalized spacial score (nSPS) is 25.8. The highest BCUT2D eigenvalue weighted by molar-refractivity contribution is 7.91. The largest absolute Gasteiger partial charge is 0.417 e. The SMILES string of the molecule is CCS(=O)(=O)CCCC12CCCC(c3nnc(-c4ccccc4C(F)(F)F)n3C)(CC1)CC2. The van der Waals surface area contributed by atoms with E-state index in [0.717, 1.165) is 63.3 Å². The first-order chi connectivity index (χ1) is 15.5. The second kappa shape index (κ2) is 8.71. The molecule has 3 aliphatic rings. The van der Waals surface area contributed by atoms with Crippen LogP contribution in [0.3, 0.4) is 0 Å². The van der Waals surface area contributed by atoms with Crippen molar-refractivity contribution in [2.75, 3.05) is 11.5 Å². The third-order valence-corrected chi connectivity index (χ3v) is 9.85. The van der Waals surface area contributed by atoms with E-state index in [0.29, 0.717) is 6.42 Å². The summed E-state index contributed by atoms with van der Waals surface area (Å²) in [5.74, 6) is 1.47. The summed E-state index contributed by atoms with van der Waals surface area (Å²) in [6.45, 7) is 1.69. The van der Waals surface area contributed by atoms with E-state index in [1.807, 2.05) is 0 Å². The molecule has 0 amide bonds. The average molecular weight is 484 g/mol. The summed E-state index contributed by atoms with van der Waals surface area (Å²) in [7, 11) is -1.18. The molecule has 9 heteroatoms. The van der Waals surface area contributed by atoms with Gasteiger partial charge in [0.2, 0.25) is 0 Å². The van der Waals surface area contributed by atoms with E-state index in [-0.39, 0.29) is 33.7 Å². The lowest BCUT2D eigenvalue weighted by Gasteiger charge is -2.42. The van der Waals surface area contributed by atoms with Crippen molar-refractivity contribution in [2.45, 2.75) is 76.3 Å². The molecule has 3 saturated carbocycles. The number of hydrogen-bond acceptors (Lipinski definition) is 4. The third-order valence-electron chi connectivity index (χ3n) is 8.06. The molecular formula is C24H32F3N3O2S. The Hall–Kier alpha value is -1.90. The van der Waals surface area contributed by atoms with Gasteiger partial charge in [-0.15, -0.1) is 10.2 Å². The number of hydrogen-bond donors (Lipinski definition) is 0. The number of alkyl halides is 3. The van der Waals surface area contributed by atoms with Crippen LogP contribution < -0.4 is 0 Å². The van der Waals surface area contributed by atoms with Gasteiger partial charge in [0.1, 0.15) is 15.7 Å². The van der Waals surface area contributed by atoms with Crippen molar-refractivity contribution >= 4 is 9.84 Å². The van der Waals surface area contributed by atoms with E-state index in [1.165, 1.54) is 12.1 Å². The van der Waals surface area contributed by atoms with Crippen LogP contribution in [0.1, 0.15) is 76.1 Å². The van der Waals surface area contributed by atoms with Gasteiger partial charge in [0.15, 0.2) is 5.82 Å². The number of rotatable bonds is 7. The van der Waals surface area contributed by atoms with Crippen LogP contribution in [0.5, 0.6) is 0 Å². The molecule has 0 radical (unpaired) electrons. The number of benzene rings is 1. The van der Waals surface area contributed by atoms with E-state index in [9.17, 15) is 21.6 Å². The van der Waals surface area contributed by atoms with Crippen LogP contribution in [0, 0.1) is 5.41 Å². The van der Waals surface area contributed by atoms with Crippen LogP contribution in [0.15, 0.2) is 24.3 Å². The molecule has 5 rings (SSSR count). The lowest BCUT2D eigenvalue weighted by molar-refractivity contribution is -0.137. The van der Waals surface area contributed by atoms with Crippen molar-refractivity contribution in [2.24, 2.45) is 12.5 Å². The van der Waals surface area contributed by atoms with E-state index >= 15 is 0 Å². The first-order valence-electron chi connectivity index (χ1n) is 11.8. The van der Waals surface area contributed by atoms with Crippen LogP contribution in [0.2, 0.25) is 0 Å². The maximum Gasteiger partial charge on any atom is 0.417 e. The molecule has 33 heavy (non-hydrogen) atoms. The first-order valence-corrected chi connectivity index (χ1v) is 13.6. The Balaban J connectivity index is 1.56. The van der Waals surface area contributed by atoms with Gasteiger partial charge in [0, 0.05) is 23.8 Å². The van der Waals surface area contributed by atoms with Crippen molar-refractivity contribution in [3.8, 4) is 11.4 Å². The molecule has 0 unspecified atom stereocenters. The molecule has 0 aliphatic heterocycles. The fourth-order valence-electron chi connectivity index (χ4n) is 6.03. The Bertz CT molecular complexity index is 1100. The Kier molecular flexibility index (Phi) is 6.39. The third kappa shape index (κ3) is 4.70. The van der Waals surface area contributed by atoms with Crippen LogP contribution in [0.4, 0.5) is 13.2 Å². The summed E-state index contributed by atoms with van der Waals surface area (Å²) in [4.78, 5) is 0. The lowest BCUT2D eigenvalue weighted by Crippen LogP contribution is -2.36. The summed E-state index contributed by atoms with van der Waals surface area (Å²) in [6, 6.07) is 5.52. The molecule has 1 aromatic heterocycles. The minimum atomic E-state index is -4.46. The zero-order valence-corrected chi connectivity index (χ0v) is 20.1. The standard InChI is InChI=1S/C24H32F3N3O2S/c1-3-33(31,32)17-7-11-22-10-6-12-23(15-13-22,16-14-22)21-29-28-20(30(21)2)18-8-4-5-9-19(18)24(25,26)27/h4-5,8-9H,3,6-7,10-17H2,1-2H3. The minimum absolute atomic E-state index is 0.0542. The zero-order valence-electron chi connectivity index (χ0n) is 19.3. The Morgan fingerprint density at radius 1 is 1.03 bits per heavy atom. The minimum Gasteiger partial charge on any atom is -0.314 e. The van der Waals surface area contributed by atoms with Gasteiger partial charge in [-0.25, -0.2) is 8.42 Å². The summed E-state index contributed by atoms with van der Waals surface area (Å²) >= 11 is 0. The van der Waals surface area contributed by atoms with Crippen LogP contribution in [-0.2, 0) is 28.5 Å². The van der Waals surface area contributed by atoms with Crippen LogP contribution >= 0.6 is 0 Å². The zero-order chi connectivity index (χ0) is 23.9. The van der Waals surface area contributed by atoms with Crippen molar-refractivity contribution in [3.63, 3.8) is 0 Å². The van der Waals surface area contributed by atoms with Gasteiger partial charge in [0.25, 0.3) is 0 Å². The lowest BCUT2D eigenvalue weighted by atomic mass is 9.63. The monoisotopic (exact) mass is 483 g/mol. The number of aromatic nitrogens is 3. The molecule has 3 fully saturated rings. The highest BCUT2D eigenvalue weighted by Gasteiger charge is 2.48. The summed E-state index contributed by atoms with van der Waals surface area (Å²) in [5, 5.41) is 8.67. The van der Waals surface area contributed by atoms with E-state index in [4.69, 9.17) is 0 Å². The van der Waals surface area contributed by atoms with Crippen LogP contribution in [0.25, 0.3) is 11.4 Å². The molecule has 5 nitrogen and oxygen atoms in total. The fourth-order valence-corrected chi connectivity index (χ4v) is 6.91. The first kappa shape index (κ1) is 24.2.